The van der Waals surface area contributed by atoms with Gasteiger partial charge in [0.15, 0.2) is 18.4 Å². The van der Waals surface area contributed by atoms with E-state index in [2.05, 4.69) is 13.8 Å². The molecule has 0 amide bonds. The largest absolute Gasteiger partial charge is 0.458 e. The van der Waals surface area contributed by atoms with E-state index in [0.29, 0.717) is 24.2 Å². The van der Waals surface area contributed by atoms with Crippen LogP contribution >= 0.6 is 0 Å². The zero-order valence-electron chi connectivity index (χ0n) is 32.1. The minimum Gasteiger partial charge on any atom is -0.458 e. The van der Waals surface area contributed by atoms with E-state index in [0.717, 1.165) is 37.7 Å². The summed E-state index contributed by atoms with van der Waals surface area (Å²) in [5, 5.41) is 73.5. The third-order valence-corrected chi connectivity index (χ3v) is 15.8. The van der Waals surface area contributed by atoms with E-state index < -0.39 is 91.1 Å². The molecule has 0 aromatic rings. The van der Waals surface area contributed by atoms with E-state index in [9.17, 15) is 45.3 Å². The van der Waals surface area contributed by atoms with Crippen molar-refractivity contribution >= 4 is 11.8 Å². The average Bonchev–Trinajstić information content (AvgIpc) is 3.79. The third kappa shape index (κ3) is 5.89. The summed E-state index contributed by atoms with van der Waals surface area (Å²) >= 11 is 0. The maximum Gasteiger partial charge on any atom is 0.336 e. The number of fused-ring (bicyclic) bond motifs is 4. The maximum absolute atomic E-state index is 13.6. The molecule has 55 heavy (non-hydrogen) atoms. The molecule has 3 saturated heterocycles. The molecule has 0 aromatic heterocycles. The van der Waals surface area contributed by atoms with Gasteiger partial charge in [0.25, 0.3) is 0 Å². The van der Waals surface area contributed by atoms with Crippen LogP contribution in [0.1, 0.15) is 73.1 Å². The van der Waals surface area contributed by atoms with Gasteiger partial charge in [-0.15, -0.1) is 0 Å². The Morgan fingerprint density at radius 3 is 2.36 bits per heavy atom. The fourth-order valence-electron chi connectivity index (χ4n) is 12.5. The number of allylic oxidation sites excluding steroid dienone is 1. The molecule has 0 radical (unpaired) electrons. The van der Waals surface area contributed by atoms with Gasteiger partial charge in [-0.05, 0) is 100 Å². The Bertz CT molecular complexity index is 1580. The monoisotopic (exact) mass is 778 g/mol. The number of ether oxygens (including phenoxy) is 6. The number of ketones is 1. The molecule has 3 saturated carbocycles. The Hall–Kier alpha value is -1.86. The maximum atomic E-state index is 13.6. The highest BCUT2D eigenvalue weighted by Crippen LogP contribution is 2.73. The second kappa shape index (κ2) is 14.2. The first-order chi connectivity index (χ1) is 26.0. The van der Waals surface area contributed by atoms with Crippen LogP contribution in [-0.4, -0.2) is 146 Å². The molecule has 0 unspecified atom stereocenters. The molecule has 4 aliphatic carbocycles. The molecule has 1 spiro atoms. The van der Waals surface area contributed by atoms with E-state index in [1.807, 2.05) is 13.8 Å². The third-order valence-electron chi connectivity index (χ3n) is 15.8. The fraction of sp³-hybridized carbons (Fsp3) is 0.850. The van der Waals surface area contributed by atoms with Crippen molar-refractivity contribution in [2.45, 2.75) is 158 Å². The summed E-state index contributed by atoms with van der Waals surface area (Å²) in [7, 11) is 0. The van der Waals surface area contributed by atoms with Crippen molar-refractivity contribution < 1.29 is 73.8 Å². The van der Waals surface area contributed by atoms with Gasteiger partial charge in [-0.25, -0.2) is 4.79 Å². The minimum absolute atomic E-state index is 0.00790. The summed E-state index contributed by atoms with van der Waals surface area (Å²) in [6, 6.07) is 0. The Morgan fingerprint density at radius 2 is 1.65 bits per heavy atom. The summed E-state index contributed by atoms with van der Waals surface area (Å²) in [6.07, 6.45) is -7.44. The first-order valence-electron chi connectivity index (χ1n) is 20.1. The highest BCUT2D eigenvalue weighted by atomic mass is 16.7. The molecular formula is C40H58O15. The Morgan fingerprint density at radius 1 is 0.927 bits per heavy atom. The zero-order chi connectivity index (χ0) is 39.5. The minimum atomic E-state index is -1.69. The van der Waals surface area contributed by atoms with Crippen LogP contribution in [0, 0.1) is 40.4 Å². The van der Waals surface area contributed by atoms with Crippen molar-refractivity contribution in [1.82, 2.24) is 0 Å². The number of cyclic esters (lactones) is 1. The first kappa shape index (κ1) is 39.9. The summed E-state index contributed by atoms with van der Waals surface area (Å²) in [4.78, 5) is 27.1. The van der Waals surface area contributed by atoms with Gasteiger partial charge in [0.2, 0.25) is 0 Å². The van der Waals surface area contributed by atoms with Crippen LogP contribution in [0.25, 0.3) is 0 Å². The Balaban J connectivity index is 0.899. The van der Waals surface area contributed by atoms with E-state index >= 15 is 0 Å². The van der Waals surface area contributed by atoms with Crippen molar-refractivity contribution in [2.24, 2.45) is 40.4 Å². The fourth-order valence-corrected chi connectivity index (χ4v) is 12.5. The summed E-state index contributed by atoms with van der Waals surface area (Å²) in [5.41, 5.74) is -0.492. The molecular weight excluding hydrogens is 720 g/mol. The quantitative estimate of drug-likeness (QED) is 0.127. The van der Waals surface area contributed by atoms with Crippen LogP contribution in [0.3, 0.4) is 0 Å². The molecule has 8 rings (SSSR count). The molecule has 15 heteroatoms. The van der Waals surface area contributed by atoms with E-state index in [1.165, 1.54) is 6.92 Å². The van der Waals surface area contributed by atoms with Crippen molar-refractivity contribution in [3.05, 3.63) is 23.3 Å². The van der Waals surface area contributed by atoms with Gasteiger partial charge in [-0.1, -0.05) is 19.4 Å². The van der Waals surface area contributed by atoms with E-state index in [4.69, 9.17) is 28.4 Å². The van der Waals surface area contributed by atoms with Crippen LogP contribution in [0.4, 0.5) is 0 Å². The topological polar surface area (TPSA) is 234 Å². The number of carbonyl (C=O) groups excluding carboxylic acids is 2. The average molecular weight is 779 g/mol. The van der Waals surface area contributed by atoms with Gasteiger partial charge in [0, 0.05) is 6.42 Å². The molecule has 8 aliphatic rings. The molecule has 15 nitrogen and oxygen atoms in total. The lowest BCUT2D eigenvalue weighted by molar-refractivity contribution is -0.355. The second-order valence-electron chi connectivity index (χ2n) is 18.2. The van der Waals surface area contributed by atoms with Gasteiger partial charge in [0.1, 0.15) is 60.5 Å². The van der Waals surface area contributed by atoms with Gasteiger partial charge < -0.3 is 64.2 Å². The lowest BCUT2D eigenvalue weighted by Gasteiger charge is -2.58. The molecule has 0 bridgehead atoms. The summed E-state index contributed by atoms with van der Waals surface area (Å²) < 4.78 is 35.1. The number of aliphatic hydroxyl groups excluding tert-OH is 7. The van der Waals surface area contributed by atoms with Crippen molar-refractivity contribution in [2.75, 3.05) is 13.2 Å². The number of hydrogen-bond donors (Lipinski definition) is 7. The highest BCUT2D eigenvalue weighted by molar-refractivity contribution is 5.98. The number of rotatable bonds is 8. The van der Waals surface area contributed by atoms with Gasteiger partial charge in [-0.2, -0.15) is 0 Å². The smallest absolute Gasteiger partial charge is 0.336 e. The molecule has 6 fully saturated rings. The lowest BCUT2D eigenvalue weighted by atomic mass is 9.44. The zero-order valence-corrected chi connectivity index (χ0v) is 32.1. The highest BCUT2D eigenvalue weighted by Gasteiger charge is 2.80. The molecule has 7 N–H and O–H groups in total. The van der Waals surface area contributed by atoms with Crippen LogP contribution in [-0.2, 0) is 38.0 Å². The molecule has 21 atom stereocenters. The predicted molar refractivity (Wildman–Crippen MR) is 188 cm³/mol. The van der Waals surface area contributed by atoms with Gasteiger partial charge in [-0.3, -0.25) is 4.79 Å². The van der Waals surface area contributed by atoms with Crippen LogP contribution in [0.5, 0.6) is 0 Å². The Labute approximate surface area is 320 Å². The summed E-state index contributed by atoms with van der Waals surface area (Å²) in [5.74, 6) is 0.724. The molecule has 308 valence electrons. The van der Waals surface area contributed by atoms with Gasteiger partial charge in [0.05, 0.1) is 36.4 Å². The number of epoxide rings is 1. The summed E-state index contributed by atoms with van der Waals surface area (Å²) in [6.45, 7) is 8.93. The van der Waals surface area contributed by atoms with E-state index in [1.54, 1.807) is 12.2 Å². The number of esters is 1. The lowest BCUT2D eigenvalue weighted by Crippen LogP contribution is -2.64. The number of carbonyl (C=O) groups is 2. The normalized spacial score (nSPS) is 53.9. The standard InChI is InChI=1S/C40H58O15/c1-16-12-24(17(2)21-6-7-22-19-13-28-40(55-28)27(43)9-8-26(42)39(40,5)23(19)10-11-38(21,22)4)52-35(49)20(16)15-50-36-33(48)31(46)34(25(14-41)53-36)54-37-32(47)30(45)29(44)18(3)51-37/h8-9,17-19,21-25,27-34,36-37,41,43-48H,6-7,10-15H2,1-5H3/t17-,18-,19-,21+,22-,23-,24+,25+,27-,28+,29-,30+,31+,32+,33+,34+,36+,37-,38+,39-,40+/m0/s1. The molecule has 4 heterocycles. The van der Waals surface area contributed by atoms with Crippen LogP contribution < -0.4 is 0 Å². The predicted octanol–water partition coefficient (Wildman–Crippen LogP) is 0.0289. The van der Waals surface area contributed by atoms with E-state index in [-0.39, 0.29) is 47.4 Å². The van der Waals surface area contributed by atoms with Crippen LogP contribution in [0.2, 0.25) is 0 Å². The van der Waals surface area contributed by atoms with Crippen LogP contribution in [0.15, 0.2) is 23.3 Å². The van der Waals surface area contributed by atoms with Gasteiger partial charge >= 0.3 is 5.97 Å². The van der Waals surface area contributed by atoms with Crippen molar-refractivity contribution in [3.8, 4) is 0 Å². The number of hydrogen-bond acceptors (Lipinski definition) is 15. The Kier molecular flexibility index (Phi) is 10.3. The first-order valence-corrected chi connectivity index (χ1v) is 20.1. The molecule has 0 aromatic carbocycles. The van der Waals surface area contributed by atoms with Crippen molar-refractivity contribution in [1.29, 1.82) is 0 Å². The molecule has 4 aliphatic heterocycles. The van der Waals surface area contributed by atoms with Crippen molar-refractivity contribution in [3.63, 3.8) is 0 Å². The second-order valence-corrected chi connectivity index (χ2v) is 18.2. The number of aliphatic hydroxyl groups is 7. The SMILES string of the molecule is CC1=C(CO[C@@H]2O[C@H](CO)[C@@H](O[C@@H]3O[C@@H](C)[C@H](O)[C@@H](O)[C@H]3O)[C@H](O)[C@H]2O)C(=O)O[C@@H]([C@@H](C)[C@H]2CC[C@H]3[C@@H]4C[C@H]5O[C@]56[C@@H](O)C=CC(=O)[C@]6(C)[C@H]4CC[C@]23C)C1.